The Bertz CT molecular complexity index is 1370. The van der Waals surface area contributed by atoms with E-state index in [1.807, 2.05) is 0 Å². The number of hydrogen-bond donors (Lipinski definition) is 3. The molecule has 14 heteroatoms. The SMILES string of the molecule is CC1(C)NC(=O)N(C[C@@]2(c3ccc(C(C)(O)C(F)(F)F)cc3)CN(S(=O)(=O)C3=CC=CCC3=S)CCN2)C1=O. The first-order valence-corrected chi connectivity index (χ1v) is 14.0. The number of alkyl halides is 3. The van der Waals surface area contributed by atoms with Crippen molar-refractivity contribution in [2.45, 2.75) is 50.0 Å². The topological polar surface area (TPSA) is 119 Å². The summed E-state index contributed by atoms with van der Waals surface area (Å²) in [6.07, 6.45) is 0.0971. The number of carbonyl (C=O) groups is 2. The summed E-state index contributed by atoms with van der Waals surface area (Å²) in [6.45, 7) is 3.32. The highest BCUT2D eigenvalue weighted by Gasteiger charge is 2.53. The molecule has 1 aromatic carbocycles. The predicted octanol–water partition coefficient (Wildman–Crippen LogP) is 2.43. The number of aliphatic hydroxyl groups is 1. The smallest absolute Gasteiger partial charge is 0.376 e. The van der Waals surface area contributed by atoms with Gasteiger partial charge in [-0.3, -0.25) is 9.69 Å². The molecule has 9 nitrogen and oxygen atoms in total. The number of benzene rings is 1. The fourth-order valence-electron chi connectivity index (χ4n) is 4.85. The molecule has 3 aliphatic rings. The number of piperazine rings is 1. The van der Waals surface area contributed by atoms with Crippen LogP contribution in [0.1, 0.15) is 38.3 Å². The number of urea groups is 1. The maximum Gasteiger partial charge on any atom is 0.421 e. The van der Waals surface area contributed by atoms with Crippen molar-refractivity contribution < 1.29 is 36.3 Å². The molecule has 2 saturated heterocycles. The molecule has 0 spiro atoms. The Labute approximate surface area is 229 Å². The van der Waals surface area contributed by atoms with Crippen LogP contribution in [-0.2, 0) is 26.0 Å². The number of amides is 3. The van der Waals surface area contributed by atoms with Crippen LogP contribution in [0, 0.1) is 0 Å². The minimum Gasteiger partial charge on any atom is -0.376 e. The quantitative estimate of drug-likeness (QED) is 0.346. The van der Waals surface area contributed by atoms with Crippen molar-refractivity contribution in [2.75, 3.05) is 26.2 Å². The normalized spacial score (nSPS) is 25.9. The van der Waals surface area contributed by atoms with Gasteiger partial charge in [0.05, 0.1) is 17.0 Å². The average Bonchev–Trinajstić information content (AvgIpc) is 3.05. The third-order valence-electron chi connectivity index (χ3n) is 7.27. The highest BCUT2D eigenvalue weighted by atomic mass is 32.2. The number of imide groups is 1. The van der Waals surface area contributed by atoms with Crippen LogP contribution in [0.3, 0.4) is 0 Å². The molecule has 2 aliphatic heterocycles. The fraction of sp³-hybridized carbons (Fsp3) is 0.480. The summed E-state index contributed by atoms with van der Waals surface area (Å²) in [4.78, 5) is 27.0. The molecule has 1 aromatic rings. The van der Waals surface area contributed by atoms with Gasteiger partial charge in [-0.25, -0.2) is 13.2 Å². The lowest BCUT2D eigenvalue weighted by atomic mass is 9.85. The first kappa shape index (κ1) is 29.3. The summed E-state index contributed by atoms with van der Waals surface area (Å²) in [5.41, 5.74) is -5.79. The highest BCUT2D eigenvalue weighted by molar-refractivity contribution is 7.96. The zero-order valence-electron chi connectivity index (χ0n) is 21.5. The van der Waals surface area contributed by atoms with Crippen LogP contribution in [0.5, 0.6) is 0 Å². The number of nitrogens with zero attached hydrogens (tertiary/aromatic N) is 2. The van der Waals surface area contributed by atoms with Crippen LogP contribution in [0.4, 0.5) is 18.0 Å². The molecule has 3 N–H and O–H groups in total. The lowest BCUT2D eigenvalue weighted by Crippen LogP contribution is -2.64. The van der Waals surface area contributed by atoms with E-state index in [2.05, 4.69) is 10.6 Å². The molecule has 0 saturated carbocycles. The number of nitrogens with one attached hydrogen (secondary N) is 2. The highest BCUT2D eigenvalue weighted by Crippen LogP contribution is 2.40. The van der Waals surface area contributed by atoms with Gasteiger partial charge in [0.2, 0.25) is 10.0 Å². The predicted molar refractivity (Wildman–Crippen MR) is 141 cm³/mol. The van der Waals surface area contributed by atoms with Gasteiger partial charge >= 0.3 is 12.2 Å². The minimum atomic E-state index is -4.94. The Morgan fingerprint density at radius 3 is 2.33 bits per heavy atom. The Balaban J connectivity index is 1.77. The van der Waals surface area contributed by atoms with E-state index in [1.165, 1.54) is 36.4 Å². The molecule has 0 bridgehead atoms. The maximum absolute atomic E-state index is 13.6. The summed E-state index contributed by atoms with van der Waals surface area (Å²) in [7, 11) is -4.08. The molecular formula is C25H29F3N4O5S2. The second-order valence-electron chi connectivity index (χ2n) is 10.5. The van der Waals surface area contributed by atoms with Gasteiger partial charge < -0.3 is 15.7 Å². The van der Waals surface area contributed by atoms with Crippen molar-refractivity contribution in [1.82, 2.24) is 19.8 Å². The standard InChI is InChI=1S/C25H29F3N4O5S2/c1-22(2)20(33)32(21(34)30-22)15-24(17-10-8-16(9-11-17)23(3,35)25(26,27)28)14-31(13-12-29-24)39(36,37)19-7-5-4-6-18(19)38/h4-5,7-11,29,35H,6,12-15H2,1-3H3,(H,30,34)/t23?,24-/m1/s1. The Morgan fingerprint density at radius 2 is 1.79 bits per heavy atom. The molecule has 4 rings (SSSR count). The van der Waals surface area contributed by atoms with Crippen LogP contribution in [0.15, 0.2) is 47.4 Å². The zero-order chi connectivity index (χ0) is 29.0. The van der Waals surface area contributed by atoms with E-state index in [-0.39, 0.29) is 42.4 Å². The molecule has 0 radical (unpaired) electrons. The van der Waals surface area contributed by atoms with E-state index >= 15 is 0 Å². The van der Waals surface area contributed by atoms with E-state index in [0.29, 0.717) is 12.5 Å². The first-order chi connectivity index (χ1) is 17.9. The van der Waals surface area contributed by atoms with Crippen LogP contribution < -0.4 is 10.6 Å². The molecule has 1 aliphatic carbocycles. The van der Waals surface area contributed by atoms with Gasteiger partial charge in [0.25, 0.3) is 5.91 Å². The third kappa shape index (κ3) is 5.15. The van der Waals surface area contributed by atoms with Crippen molar-refractivity contribution >= 4 is 39.0 Å². The maximum atomic E-state index is 13.6. The van der Waals surface area contributed by atoms with Crippen molar-refractivity contribution in [3.63, 3.8) is 0 Å². The Hall–Kier alpha value is -2.65. The third-order valence-corrected chi connectivity index (χ3v) is 9.72. The van der Waals surface area contributed by atoms with Gasteiger partial charge in [-0.1, -0.05) is 48.6 Å². The Morgan fingerprint density at radius 1 is 1.15 bits per heavy atom. The van der Waals surface area contributed by atoms with Gasteiger partial charge in [-0.15, -0.1) is 0 Å². The first-order valence-electron chi connectivity index (χ1n) is 12.1. The van der Waals surface area contributed by atoms with Gasteiger partial charge in [0.1, 0.15) is 5.54 Å². The molecule has 2 fully saturated rings. The largest absolute Gasteiger partial charge is 0.421 e. The summed E-state index contributed by atoms with van der Waals surface area (Å²) >= 11 is 5.28. The number of hydrogen-bond acceptors (Lipinski definition) is 7. The van der Waals surface area contributed by atoms with Crippen molar-refractivity contribution in [1.29, 1.82) is 0 Å². The second kappa shape index (κ2) is 9.77. The average molecular weight is 587 g/mol. The van der Waals surface area contributed by atoms with Crippen molar-refractivity contribution in [3.8, 4) is 0 Å². The van der Waals surface area contributed by atoms with Crippen molar-refractivity contribution in [3.05, 3.63) is 58.5 Å². The number of sulfonamides is 1. The van der Waals surface area contributed by atoms with E-state index in [1.54, 1.807) is 12.2 Å². The number of rotatable bonds is 6. The number of thiocarbonyl (C=S) groups is 1. The second-order valence-corrected chi connectivity index (χ2v) is 12.9. The molecule has 39 heavy (non-hydrogen) atoms. The summed E-state index contributed by atoms with van der Waals surface area (Å²) < 4.78 is 68.7. The van der Waals surface area contributed by atoms with Gasteiger partial charge in [-0.05, 0) is 38.0 Å². The number of allylic oxidation sites excluding steroid dienone is 4. The van der Waals surface area contributed by atoms with E-state index in [0.717, 1.165) is 17.0 Å². The van der Waals surface area contributed by atoms with Crippen LogP contribution in [-0.4, -0.2) is 77.4 Å². The molecule has 212 valence electrons. The molecule has 2 atom stereocenters. The Kier molecular flexibility index (Phi) is 7.35. The summed E-state index contributed by atoms with van der Waals surface area (Å²) in [6, 6.07) is 4.17. The van der Waals surface area contributed by atoms with Gasteiger partial charge in [0.15, 0.2) is 5.60 Å². The van der Waals surface area contributed by atoms with E-state index in [4.69, 9.17) is 12.2 Å². The van der Waals surface area contributed by atoms with Crippen LogP contribution in [0.2, 0.25) is 0 Å². The lowest BCUT2D eigenvalue weighted by molar-refractivity contribution is -0.258. The van der Waals surface area contributed by atoms with Gasteiger partial charge in [-0.2, -0.15) is 17.5 Å². The fourth-order valence-corrected chi connectivity index (χ4v) is 6.96. The van der Waals surface area contributed by atoms with Crippen molar-refractivity contribution in [2.24, 2.45) is 0 Å². The van der Waals surface area contributed by atoms with E-state index < -0.39 is 50.4 Å². The minimum absolute atomic E-state index is 0.0245. The molecule has 1 unspecified atom stereocenters. The number of halogens is 3. The van der Waals surface area contributed by atoms with Crippen LogP contribution >= 0.6 is 12.2 Å². The molecule has 2 heterocycles. The zero-order valence-corrected chi connectivity index (χ0v) is 23.1. The molecule has 3 amide bonds. The molecular weight excluding hydrogens is 557 g/mol. The monoisotopic (exact) mass is 586 g/mol. The summed E-state index contributed by atoms with van der Waals surface area (Å²) in [5, 5.41) is 15.9. The lowest BCUT2D eigenvalue weighted by Gasteiger charge is -2.45. The number of carbonyl (C=O) groups excluding carboxylic acids is 2. The van der Waals surface area contributed by atoms with Gasteiger partial charge in [0, 0.05) is 30.9 Å². The summed E-state index contributed by atoms with van der Waals surface area (Å²) in [5.74, 6) is -0.536. The van der Waals surface area contributed by atoms with E-state index in [9.17, 15) is 36.3 Å². The van der Waals surface area contributed by atoms with Crippen LogP contribution in [0.25, 0.3) is 0 Å². The molecule has 0 aromatic heterocycles.